The molecular formula is C22H22ClN3O2S. The number of thiazole rings is 1. The van der Waals surface area contributed by atoms with Crippen LogP contribution < -0.4 is 15.0 Å². The van der Waals surface area contributed by atoms with E-state index in [0.717, 1.165) is 29.5 Å². The lowest BCUT2D eigenvalue weighted by Crippen LogP contribution is -2.18. The van der Waals surface area contributed by atoms with E-state index in [0.29, 0.717) is 28.0 Å². The summed E-state index contributed by atoms with van der Waals surface area (Å²) in [6, 6.07) is 15.2. The van der Waals surface area contributed by atoms with E-state index in [2.05, 4.69) is 21.3 Å². The summed E-state index contributed by atoms with van der Waals surface area (Å²) in [5.74, 6) is 0.572. The van der Waals surface area contributed by atoms with Gasteiger partial charge in [-0.2, -0.15) is 0 Å². The molecule has 0 spiro atoms. The van der Waals surface area contributed by atoms with Crippen LogP contribution in [0.1, 0.15) is 33.2 Å². The fourth-order valence-corrected chi connectivity index (χ4v) is 4.34. The first-order valence-electron chi connectivity index (χ1n) is 9.59. The lowest BCUT2D eigenvalue weighted by atomic mass is 10.2. The zero-order valence-electron chi connectivity index (χ0n) is 16.2. The number of amides is 1. The number of carbonyl (C=O) groups excluding carboxylic acids is 1. The SMILES string of the molecule is Cc1nc(COc2ccc(Cl)cc2)sc1C(=O)Nc1cccc(N2CCCC2)c1. The van der Waals surface area contributed by atoms with Crippen molar-refractivity contribution in [1.82, 2.24) is 4.98 Å². The molecule has 150 valence electrons. The van der Waals surface area contributed by atoms with Crippen molar-refractivity contribution in [2.24, 2.45) is 0 Å². The summed E-state index contributed by atoms with van der Waals surface area (Å²) < 4.78 is 5.74. The van der Waals surface area contributed by atoms with Gasteiger partial charge >= 0.3 is 0 Å². The molecular weight excluding hydrogens is 406 g/mol. The van der Waals surface area contributed by atoms with Crippen LogP contribution in [0.3, 0.4) is 0 Å². The molecule has 1 saturated heterocycles. The molecule has 2 heterocycles. The Kier molecular flexibility index (Phi) is 6.02. The van der Waals surface area contributed by atoms with Crippen molar-refractivity contribution in [3.05, 3.63) is 69.1 Å². The van der Waals surface area contributed by atoms with Crippen molar-refractivity contribution >= 4 is 40.2 Å². The smallest absolute Gasteiger partial charge is 0.267 e. The normalized spacial score (nSPS) is 13.5. The van der Waals surface area contributed by atoms with Gasteiger partial charge in [0.1, 0.15) is 22.2 Å². The maximum Gasteiger partial charge on any atom is 0.267 e. The molecule has 1 aliphatic heterocycles. The average Bonchev–Trinajstić information content (AvgIpc) is 3.38. The number of hydrogen-bond donors (Lipinski definition) is 1. The quantitative estimate of drug-likeness (QED) is 0.561. The Hall–Kier alpha value is -2.57. The Morgan fingerprint density at radius 2 is 1.97 bits per heavy atom. The molecule has 7 heteroatoms. The molecule has 0 saturated carbocycles. The van der Waals surface area contributed by atoms with Crippen LogP contribution in [0, 0.1) is 6.92 Å². The van der Waals surface area contributed by atoms with Crippen LogP contribution in [0.15, 0.2) is 48.5 Å². The third-order valence-corrected chi connectivity index (χ3v) is 6.18. The Morgan fingerprint density at radius 1 is 1.21 bits per heavy atom. The third kappa shape index (κ3) is 4.89. The average molecular weight is 428 g/mol. The van der Waals surface area contributed by atoms with Gasteiger partial charge in [-0.05, 0) is 62.2 Å². The minimum Gasteiger partial charge on any atom is -0.486 e. The summed E-state index contributed by atoms with van der Waals surface area (Å²) in [5, 5.41) is 4.43. The number of nitrogens with zero attached hydrogens (tertiary/aromatic N) is 2. The molecule has 4 rings (SSSR count). The van der Waals surface area contributed by atoms with Gasteiger partial charge in [0.25, 0.3) is 5.91 Å². The summed E-state index contributed by atoms with van der Waals surface area (Å²) in [7, 11) is 0. The standard InChI is InChI=1S/C22H22ClN3O2S/c1-15-21(29-20(24-15)14-28-19-9-7-16(23)8-10-19)22(27)25-17-5-4-6-18(13-17)26-11-2-3-12-26/h4-10,13H,2-3,11-12,14H2,1H3,(H,25,27). The van der Waals surface area contributed by atoms with E-state index in [9.17, 15) is 4.79 Å². The van der Waals surface area contributed by atoms with Crippen molar-refractivity contribution in [3.8, 4) is 5.75 Å². The zero-order valence-corrected chi connectivity index (χ0v) is 17.7. The largest absolute Gasteiger partial charge is 0.486 e. The number of halogens is 1. The van der Waals surface area contributed by atoms with Crippen molar-refractivity contribution in [2.75, 3.05) is 23.3 Å². The second-order valence-corrected chi connectivity index (χ2v) is 8.48. The van der Waals surface area contributed by atoms with Crippen LogP contribution in [0.2, 0.25) is 5.02 Å². The minimum absolute atomic E-state index is 0.142. The number of nitrogens with one attached hydrogen (secondary N) is 1. The predicted molar refractivity (Wildman–Crippen MR) is 118 cm³/mol. The summed E-state index contributed by atoms with van der Waals surface area (Å²) in [5.41, 5.74) is 2.66. The Balaban J connectivity index is 1.41. The molecule has 29 heavy (non-hydrogen) atoms. The summed E-state index contributed by atoms with van der Waals surface area (Å²) >= 11 is 7.24. The number of hydrogen-bond acceptors (Lipinski definition) is 5. The molecule has 5 nitrogen and oxygen atoms in total. The topological polar surface area (TPSA) is 54.5 Å². The number of aromatic nitrogens is 1. The van der Waals surface area contributed by atoms with Crippen molar-refractivity contribution in [2.45, 2.75) is 26.4 Å². The van der Waals surface area contributed by atoms with Gasteiger partial charge in [0, 0.05) is 29.5 Å². The Bertz CT molecular complexity index is 998. The van der Waals surface area contributed by atoms with Crippen LogP contribution in [0.25, 0.3) is 0 Å². The van der Waals surface area contributed by atoms with Crippen LogP contribution in [0.5, 0.6) is 5.75 Å². The molecule has 0 atom stereocenters. The van der Waals surface area contributed by atoms with Crippen LogP contribution in [-0.4, -0.2) is 24.0 Å². The van der Waals surface area contributed by atoms with E-state index in [1.165, 1.54) is 24.2 Å². The fourth-order valence-electron chi connectivity index (χ4n) is 3.34. The fraction of sp³-hybridized carbons (Fsp3) is 0.273. The molecule has 1 aromatic heterocycles. The van der Waals surface area contributed by atoms with Gasteiger partial charge in [-0.1, -0.05) is 17.7 Å². The zero-order chi connectivity index (χ0) is 20.2. The lowest BCUT2D eigenvalue weighted by molar-refractivity contribution is 0.103. The van der Waals surface area contributed by atoms with Gasteiger partial charge in [0.05, 0.1) is 5.69 Å². The predicted octanol–water partition coefficient (Wildman–Crippen LogP) is 5.54. The van der Waals surface area contributed by atoms with E-state index in [1.807, 2.05) is 37.3 Å². The third-order valence-electron chi connectivity index (χ3n) is 4.80. The van der Waals surface area contributed by atoms with Gasteiger partial charge in [-0.15, -0.1) is 11.3 Å². The van der Waals surface area contributed by atoms with E-state index in [1.54, 1.807) is 12.1 Å². The molecule has 1 amide bonds. The maximum absolute atomic E-state index is 12.8. The first kappa shape index (κ1) is 19.7. The number of rotatable bonds is 6. The molecule has 0 unspecified atom stereocenters. The molecule has 0 radical (unpaired) electrons. The van der Waals surface area contributed by atoms with Crippen LogP contribution in [-0.2, 0) is 6.61 Å². The van der Waals surface area contributed by atoms with Gasteiger partial charge < -0.3 is 15.0 Å². The van der Waals surface area contributed by atoms with Gasteiger partial charge in [-0.25, -0.2) is 4.98 Å². The summed E-state index contributed by atoms with van der Waals surface area (Å²) in [6.07, 6.45) is 2.44. The van der Waals surface area contributed by atoms with Gasteiger partial charge in [-0.3, -0.25) is 4.79 Å². The number of anilines is 2. The minimum atomic E-state index is -0.142. The van der Waals surface area contributed by atoms with E-state index < -0.39 is 0 Å². The van der Waals surface area contributed by atoms with Crippen molar-refractivity contribution < 1.29 is 9.53 Å². The highest BCUT2D eigenvalue weighted by Crippen LogP contribution is 2.25. The molecule has 0 aliphatic carbocycles. The molecule has 0 bridgehead atoms. The van der Waals surface area contributed by atoms with Crippen LogP contribution in [0.4, 0.5) is 11.4 Å². The molecule has 1 aliphatic rings. The summed E-state index contributed by atoms with van der Waals surface area (Å²) in [6.45, 7) is 4.30. The van der Waals surface area contributed by atoms with E-state index in [4.69, 9.17) is 16.3 Å². The first-order valence-corrected chi connectivity index (χ1v) is 10.8. The maximum atomic E-state index is 12.8. The van der Waals surface area contributed by atoms with Crippen LogP contribution >= 0.6 is 22.9 Å². The Labute approximate surface area is 179 Å². The highest BCUT2D eigenvalue weighted by atomic mass is 35.5. The first-order chi connectivity index (χ1) is 14.1. The molecule has 1 N–H and O–H groups in total. The molecule has 3 aromatic rings. The number of ether oxygens (including phenoxy) is 1. The van der Waals surface area contributed by atoms with Gasteiger partial charge in [0.2, 0.25) is 0 Å². The molecule has 2 aromatic carbocycles. The highest BCUT2D eigenvalue weighted by molar-refractivity contribution is 7.13. The van der Waals surface area contributed by atoms with Crippen molar-refractivity contribution in [3.63, 3.8) is 0 Å². The summed E-state index contributed by atoms with van der Waals surface area (Å²) in [4.78, 5) is 20.2. The molecule has 1 fully saturated rings. The second-order valence-electron chi connectivity index (χ2n) is 6.96. The van der Waals surface area contributed by atoms with E-state index in [-0.39, 0.29) is 5.91 Å². The monoisotopic (exact) mass is 427 g/mol. The highest BCUT2D eigenvalue weighted by Gasteiger charge is 2.17. The second kappa shape index (κ2) is 8.84. The number of benzene rings is 2. The van der Waals surface area contributed by atoms with E-state index >= 15 is 0 Å². The number of aryl methyl sites for hydroxylation is 1. The van der Waals surface area contributed by atoms with Crippen molar-refractivity contribution in [1.29, 1.82) is 0 Å². The Morgan fingerprint density at radius 3 is 2.72 bits per heavy atom. The lowest BCUT2D eigenvalue weighted by Gasteiger charge is -2.18. The number of carbonyl (C=O) groups is 1. The van der Waals surface area contributed by atoms with Gasteiger partial charge in [0.15, 0.2) is 0 Å².